The summed E-state index contributed by atoms with van der Waals surface area (Å²) in [5.41, 5.74) is 2.34. The van der Waals surface area contributed by atoms with Crippen molar-refractivity contribution in [3.63, 3.8) is 0 Å². The molecule has 5 aromatic rings. The van der Waals surface area contributed by atoms with Crippen LogP contribution >= 0.6 is 0 Å². The van der Waals surface area contributed by atoms with Crippen LogP contribution in [0, 0.1) is 0 Å². The Labute approximate surface area is 169 Å². The molecule has 0 atom stereocenters. The molecule has 0 aliphatic carbocycles. The Kier molecular flexibility index (Phi) is 4.05. The van der Waals surface area contributed by atoms with E-state index in [4.69, 9.17) is 9.15 Å². The lowest BCUT2D eigenvalue weighted by atomic mass is 10.3. The third-order valence-corrected chi connectivity index (χ3v) is 4.48. The first-order chi connectivity index (χ1) is 14.6. The highest BCUT2D eigenvalue weighted by molar-refractivity contribution is 6.00. The van der Waals surface area contributed by atoms with E-state index in [1.165, 1.54) is 4.52 Å². The van der Waals surface area contributed by atoms with E-state index in [1.807, 2.05) is 0 Å². The van der Waals surface area contributed by atoms with Gasteiger partial charge in [-0.25, -0.2) is 14.8 Å². The minimum atomic E-state index is -0.479. The first-order valence-electron chi connectivity index (χ1n) is 8.97. The fourth-order valence-corrected chi connectivity index (χ4v) is 3.07. The van der Waals surface area contributed by atoms with E-state index in [2.05, 4.69) is 30.8 Å². The molecule has 0 unspecified atom stereocenters. The Hall–Kier alpha value is -4.41. The number of nitrogens with zero attached hydrogens (tertiary/aromatic N) is 6. The van der Waals surface area contributed by atoms with Crippen molar-refractivity contribution in [1.29, 1.82) is 0 Å². The zero-order valence-electron chi connectivity index (χ0n) is 16.0. The number of hydrogen-bond donors (Lipinski definition) is 2. The average Bonchev–Trinajstić information content (AvgIpc) is 3.48. The van der Waals surface area contributed by atoms with Crippen LogP contribution in [0.15, 0.2) is 53.3 Å². The summed E-state index contributed by atoms with van der Waals surface area (Å²) in [6.45, 7) is 0. The van der Waals surface area contributed by atoms with Crippen molar-refractivity contribution >= 4 is 34.3 Å². The highest BCUT2D eigenvalue weighted by Gasteiger charge is 2.19. The van der Waals surface area contributed by atoms with Crippen LogP contribution in [0.2, 0.25) is 0 Å². The smallest absolute Gasteiger partial charge is 0.326 e. The summed E-state index contributed by atoms with van der Waals surface area (Å²) >= 11 is 0. The molecule has 150 valence electrons. The summed E-state index contributed by atoms with van der Waals surface area (Å²) in [4.78, 5) is 21.6. The molecular weight excluding hydrogens is 388 g/mol. The van der Waals surface area contributed by atoms with Gasteiger partial charge in [0.15, 0.2) is 11.4 Å². The summed E-state index contributed by atoms with van der Waals surface area (Å²) < 4.78 is 13.6. The number of rotatable bonds is 4. The van der Waals surface area contributed by atoms with Crippen LogP contribution in [0.4, 0.5) is 16.4 Å². The number of nitrogens with one attached hydrogen (secondary N) is 2. The van der Waals surface area contributed by atoms with Crippen LogP contribution in [0.25, 0.3) is 28.3 Å². The number of ether oxygens (including phenoxy) is 1. The molecule has 4 aromatic heterocycles. The van der Waals surface area contributed by atoms with Crippen LogP contribution in [0.5, 0.6) is 5.75 Å². The van der Waals surface area contributed by atoms with E-state index in [9.17, 15) is 4.79 Å². The zero-order chi connectivity index (χ0) is 20.7. The lowest BCUT2D eigenvalue weighted by molar-refractivity contribution is 0.262. The Morgan fingerprint density at radius 1 is 1.13 bits per heavy atom. The molecule has 0 aliphatic rings. The van der Waals surface area contributed by atoms with Gasteiger partial charge in [-0.05, 0) is 36.4 Å². The number of anilines is 2. The summed E-state index contributed by atoms with van der Waals surface area (Å²) in [6, 6.07) is 9.99. The molecule has 11 heteroatoms. The lowest BCUT2D eigenvalue weighted by Crippen LogP contribution is -2.22. The Morgan fingerprint density at radius 2 is 1.97 bits per heavy atom. The average molecular weight is 404 g/mol. The van der Waals surface area contributed by atoms with E-state index in [0.29, 0.717) is 39.7 Å². The maximum Gasteiger partial charge on any atom is 0.326 e. The largest absolute Gasteiger partial charge is 0.497 e. The fraction of sp³-hybridized carbons (Fsp3) is 0.105. The number of aryl methyl sites for hydroxylation is 1. The first-order valence-corrected chi connectivity index (χ1v) is 8.97. The van der Waals surface area contributed by atoms with Crippen LogP contribution in [-0.4, -0.2) is 42.5 Å². The minimum absolute atomic E-state index is 0.196. The molecule has 5 rings (SSSR count). The molecule has 4 heterocycles. The minimum Gasteiger partial charge on any atom is -0.497 e. The molecule has 0 saturated carbocycles. The van der Waals surface area contributed by atoms with E-state index < -0.39 is 6.03 Å². The lowest BCUT2D eigenvalue weighted by Gasteiger charge is -2.09. The molecule has 30 heavy (non-hydrogen) atoms. The Balaban J connectivity index is 1.53. The van der Waals surface area contributed by atoms with E-state index in [-0.39, 0.29) is 5.95 Å². The summed E-state index contributed by atoms with van der Waals surface area (Å²) in [6.07, 6.45) is 3.14. The molecule has 2 N–H and O–H groups in total. The van der Waals surface area contributed by atoms with Crippen molar-refractivity contribution in [2.24, 2.45) is 7.05 Å². The van der Waals surface area contributed by atoms with Gasteiger partial charge in [0.1, 0.15) is 16.8 Å². The molecule has 0 aliphatic heterocycles. The second-order valence-electron chi connectivity index (χ2n) is 6.39. The molecule has 1 aromatic carbocycles. The second kappa shape index (κ2) is 6.88. The number of hydrogen-bond acceptors (Lipinski definition) is 7. The maximum absolute atomic E-state index is 12.6. The van der Waals surface area contributed by atoms with Gasteiger partial charge in [-0.15, -0.1) is 5.10 Å². The summed E-state index contributed by atoms with van der Waals surface area (Å²) in [5, 5.41) is 14.2. The highest BCUT2D eigenvalue weighted by Crippen LogP contribution is 2.24. The number of aromatic nitrogens is 6. The van der Waals surface area contributed by atoms with Gasteiger partial charge >= 0.3 is 6.03 Å². The molecule has 0 radical (unpaired) electrons. The van der Waals surface area contributed by atoms with E-state index in [0.717, 1.165) is 0 Å². The van der Waals surface area contributed by atoms with Crippen molar-refractivity contribution < 1.29 is 13.9 Å². The molecular formula is C19H16N8O3. The highest BCUT2D eigenvalue weighted by atomic mass is 16.5. The quantitative estimate of drug-likeness (QED) is 0.472. The van der Waals surface area contributed by atoms with Crippen molar-refractivity contribution in [3.05, 3.63) is 48.9 Å². The van der Waals surface area contributed by atoms with Crippen LogP contribution in [-0.2, 0) is 7.05 Å². The van der Waals surface area contributed by atoms with Crippen molar-refractivity contribution in [3.8, 4) is 17.3 Å². The van der Waals surface area contributed by atoms with E-state index >= 15 is 0 Å². The molecule has 0 saturated heterocycles. The number of amides is 2. The topological polar surface area (TPSA) is 124 Å². The first kappa shape index (κ1) is 17.7. The van der Waals surface area contributed by atoms with Gasteiger partial charge in [-0.3, -0.25) is 10.00 Å². The van der Waals surface area contributed by atoms with Gasteiger partial charge < -0.3 is 14.5 Å². The van der Waals surface area contributed by atoms with Gasteiger partial charge in [0, 0.05) is 12.7 Å². The fourth-order valence-electron chi connectivity index (χ4n) is 3.07. The van der Waals surface area contributed by atoms with Crippen molar-refractivity contribution in [1.82, 2.24) is 29.4 Å². The standard InChI is InChI=1S/C19H16N8O3/c1-26-15-13(10-20-26)22-18(24-19(28)21-11-5-7-12(29-2)8-6-11)27-17(15)23-16(25-27)14-4-3-9-30-14/h3-10H,1-2H3,(H2,21,22,24,28). The van der Waals surface area contributed by atoms with Crippen molar-refractivity contribution in [2.45, 2.75) is 0 Å². The maximum atomic E-state index is 12.6. The van der Waals surface area contributed by atoms with Gasteiger partial charge in [-0.2, -0.15) is 9.61 Å². The van der Waals surface area contributed by atoms with Crippen molar-refractivity contribution in [2.75, 3.05) is 17.7 Å². The number of carbonyl (C=O) groups is 1. The molecule has 2 amide bonds. The van der Waals surface area contributed by atoms with Crippen LogP contribution < -0.4 is 15.4 Å². The normalized spacial score (nSPS) is 11.1. The number of methoxy groups -OCH3 is 1. The molecule has 0 fully saturated rings. The molecule has 11 nitrogen and oxygen atoms in total. The van der Waals surface area contributed by atoms with Crippen LogP contribution in [0.3, 0.4) is 0 Å². The number of benzene rings is 1. The van der Waals surface area contributed by atoms with Gasteiger partial charge in [0.05, 0.1) is 19.6 Å². The van der Waals surface area contributed by atoms with Gasteiger partial charge in [0.25, 0.3) is 0 Å². The second-order valence-corrected chi connectivity index (χ2v) is 6.39. The molecule has 0 spiro atoms. The third kappa shape index (κ3) is 2.98. The van der Waals surface area contributed by atoms with Gasteiger partial charge in [0.2, 0.25) is 11.8 Å². The van der Waals surface area contributed by atoms with Gasteiger partial charge in [-0.1, -0.05) is 0 Å². The molecule has 0 bridgehead atoms. The Morgan fingerprint density at radius 3 is 2.70 bits per heavy atom. The predicted molar refractivity (Wildman–Crippen MR) is 108 cm³/mol. The van der Waals surface area contributed by atoms with Crippen LogP contribution in [0.1, 0.15) is 0 Å². The number of furan rings is 1. The predicted octanol–water partition coefficient (Wildman–Crippen LogP) is 2.92. The van der Waals surface area contributed by atoms with E-state index in [1.54, 1.807) is 67.7 Å². The number of fused-ring (bicyclic) bond motifs is 3. The SMILES string of the molecule is COc1ccc(NC(=O)Nc2nc3cnn(C)c3c3nc(-c4ccco4)nn23)cc1. The summed E-state index contributed by atoms with van der Waals surface area (Å²) in [5.74, 6) is 1.76. The monoisotopic (exact) mass is 404 g/mol. The zero-order valence-corrected chi connectivity index (χ0v) is 16.0. The number of urea groups is 1. The third-order valence-electron chi connectivity index (χ3n) is 4.48. The number of carbonyl (C=O) groups excluding carboxylic acids is 1. The Bertz CT molecular complexity index is 1350. The summed E-state index contributed by atoms with van der Waals surface area (Å²) in [7, 11) is 3.37.